The predicted octanol–water partition coefficient (Wildman–Crippen LogP) is 6.26. The molecule has 4 aromatic rings. The summed E-state index contributed by atoms with van der Waals surface area (Å²) < 4.78 is 0. The van der Waals surface area contributed by atoms with Gasteiger partial charge >= 0.3 is 0 Å². The van der Waals surface area contributed by atoms with Crippen molar-refractivity contribution < 1.29 is 5.11 Å². The Kier molecular flexibility index (Phi) is 8.53. The summed E-state index contributed by atoms with van der Waals surface area (Å²) in [6.45, 7) is 0. The maximum atomic E-state index is 9.99. The van der Waals surface area contributed by atoms with Gasteiger partial charge in [0, 0.05) is 12.3 Å². The third-order valence-electron chi connectivity index (χ3n) is 5.04. The highest BCUT2D eigenvalue weighted by Gasteiger charge is 2.14. The van der Waals surface area contributed by atoms with Crippen LogP contribution in [-0.4, -0.2) is 10.1 Å². The van der Waals surface area contributed by atoms with Crippen LogP contribution in [0.1, 0.15) is 40.7 Å². The first kappa shape index (κ1) is 22.4. The van der Waals surface area contributed by atoms with E-state index in [9.17, 15) is 5.11 Å². The molecule has 0 aromatic heterocycles. The quantitative estimate of drug-likeness (QED) is 0.358. The lowest BCUT2D eigenvalue weighted by atomic mass is 9.89. The zero-order chi connectivity index (χ0) is 21.9. The average molecular weight is 426 g/mol. The molecule has 0 aliphatic carbocycles. The van der Waals surface area contributed by atoms with Crippen LogP contribution in [0.4, 0.5) is 0 Å². The lowest BCUT2D eigenvalue weighted by Crippen LogP contribution is -2.14. The SMILES string of the molecule is NC(=S)CC(c1ccccc1)c1ccccc1.OC(c1ccccc1)c1ccccc1. The molecule has 0 saturated carbocycles. The maximum Gasteiger partial charge on any atom is 0.104 e. The van der Waals surface area contributed by atoms with E-state index < -0.39 is 6.10 Å². The van der Waals surface area contributed by atoms with E-state index in [1.54, 1.807) is 0 Å². The number of aliphatic hydroxyl groups is 1. The molecule has 0 aliphatic heterocycles. The number of aliphatic hydroxyl groups excluding tert-OH is 1. The first-order valence-corrected chi connectivity index (χ1v) is 10.7. The zero-order valence-corrected chi connectivity index (χ0v) is 18.2. The van der Waals surface area contributed by atoms with Crippen molar-refractivity contribution in [2.24, 2.45) is 5.73 Å². The third-order valence-corrected chi connectivity index (χ3v) is 5.21. The molecule has 3 N–H and O–H groups in total. The highest BCUT2D eigenvalue weighted by molar-refractivity contribution is 7.80. The van der Waals surface area contributed by atoms with E-state index in [-0.39, 0.29) is 5.92 Å². The van der Waals surface area contributed by atoms with Crippen LogP contribution >= 0.6 is 12.2 Å². The maximum absolute atomic E-state index is 9.99. The van der Waals surface area contributed by atoms with Crippen LogP contribution in [0.5, 0.6) is 0 Å². The van der Waals surface area contributed by atoms with Crippen LogP contribution < -0.4 is 5.73 Å². The molecular formula is C28H27NOS. The van der Waals surface area contributed by atoms with E-state index in [4.69, 9.17) is 18.0 Å². The van der Waals surface area contributed by atoms with E-state index in [2.05, 4.69) is 24.3 Å². The summed E-state index contributed by atoms with van der Waals surface area (Å²) in [5.41, 5.74) is 10.1. The van der Waals surface area contributed by atoms with Crippen molar-refractivity contribution >= 4 is 17.2 Å². The molecule has 4 rings (SSSR count). The van der Waals surface area contributed by atoms with Gasteiger partial charge in [-0.1, -0.05) is 134 Å². The molecule has 0 bridgehead atoms. The summed E-state index contributed by atoms with van der Waals surface area (Å²) in [6, 6.07) is 40.0. The first-order valence-electron chi connectivity index (χ1n) is 10.3. The van der Waals surface area contributed by atoms with Gasteiger partial charge in [-0.25, -0.2) is 0 Å². The molecule has 0 spiro atoms. The van der Waals surface area contributed by atoms with Gasteiger partial charge in [-0.15, -0.1) is 0 Å². The second-order valence-electron chi connectivity index (χ2n) is 7.27. The largest absolute Gasteiger partial charge is 0.393 e. The van der Waals surface area contributed by atoms with Gasteiger partial charge in [0.25, 0.3) is 0 Å². The van der Waals surface area contributed by atoms with E-state index in [1.165, 1.54) is 11.1 Å². The Labute approximate surface area is 190 Å². The van der Waals surface area contributed by atoms with Crippen LogP contribution in [-0.2, 0) is 0 Å². The standard InChI is InChI=1S/C15H15NS.C13H12O/c16-15(17)11-14(12-7-3-1-4-8-12)13-9-5-2-6-10-13;14-13(11-7-3-1-4-8-11)12-9-5-2-6-10-12/h1-10,14H,11H2,(H2,16,17);1-10,13-14H. The normalized spacial score (nSPS) is 10.4. The second kappa shape index (κ2) is 11.8. The van der Waals surface area contributed by atoms with E-state index in [0.29, 0.717) is 11.4 Å². The van der Waals surface area contributed by atoms with Gasteiger partial charge in [-0.3, -0.25) is 0 Å². The minimum Gasteiger partial charge on any atom is -0.393 e. The van der Waals surface area contributed by atoms with Crippen molar-refractivity contribution in [2.75, 3.05) is 0 Å². The summed E-state index contributed by atoms with van der Waals surface area (Å²) in [6.07, 6.45) is 0.195. The first-order chi connectivity index (χ1) is 15.1. The van der Waals surface area contributed by atoms with E-state index >= 15 is 0 Å². The van der Waals surface area contributed by atoms with Crippen LogP contribution in [0.2, 0.25) is 0 Å². The number of rotatable bonds is 6. The fourth-order valence-corrected chi connectivity index (χ4v) is 3.63. The van der Waals surface area contributed by atoms with Crippen molar-refractivity contribution in [3.05, 3.63) is 144 Å². The molecular weight excluding hydrogens is 398 g/mol. The van der Waals surface area contributed by atoms with E-state index in [1.807, 2.05) is 97.1 Å². The Hall–Kier alpha value is -3.27. The number of nitrogens with two attached hydrogens (primary N) is 1. The molecule has 3 heteroatoms. The molecule has 156 valence electrons. The Morgan fingerprint density at radius 1 is 0.581 bits per heavy atom. The molecule has 0 saturated heterocycles. The molecule has 4 aromatic carbocycles. The van der Waals surface area contributed by atoms with Crippen molar-refractivity contribution in [3.8, 4) is 0 Å². The Morgan fingerprint density at radius 2 is 0.871 bits per heavy atom. The summed E-state index contributed by atoms with van der Waals surface area (Å²) in [5, 5.41) is 9.99. The highest BCUT2D eigenvalue weighted by atomic mass is 32.1. The van der Waals surface area contributed by atoms with Crippen LogP contribution in [0.15, 0.2) is 121 Å². The Bertz CT molecular complexity index is 958. The van der Waals surface area contributed by atoms with Gasteiger partial charge in [0.15, 0.2) is 0 Å². The smallest absolute Gasteiger partial charge is 0.104 e. The van der Waals surface area contributed by atoms with Gasteiger partial charge in [-0.05, 0) is 22.3 Å². The van der Waals surface area contributed by atoms with Gasteiger partial charge in [0.05, 0.1) is 4.99 Å². The molecule has 0 aliphatic rings. The van der Waals surface area contributed by atoms with Crippen molar-refractivity contribution in [1.82, 2.24) is 0 Å². The molecule has 31 heavy (non-hydrogen) atoms. The molecule has 0 atom stereocenters. The van der Waals surface area contributed by atoms with Crippen LogP contribution in [0.25, 0.3) is 0 Å². The van der Waals surface area contributed by atoms with Gasteiger partial charge in [0.1, 0.15) is 6.10 Å². The number of benzene rings is 4. The topological polar surface area (TPSA) is 46.2 Å². The summed E-state index contributed by atoms with van der Waals surface area (Å²) in [4.78, 5) is 0.558. The minimum atomic E-state index is -0.516. The summed E-state index contributed by atoms with van der Waals surface area (Å²) in [5.74, 6) is 0.259. The van der Waals surface area contributed by atoms with Crippen molar-refractivity contribution in [3.63, 3.8) is 0 Å². The molecule has 0 unspecified atom stereocenters. The fraction of sp³-hybridized carbons (Fsp3) is 0.107. The van der Waals surface area contributed by atoms with Gasteiger partial charge < -0.3 is 10.8 Å². The lowest BCUT2D eigenvalue weighted by Gasteiger charge is -2.17. The van der Waals surface area contributed by atoms with Crippen molar-refractivity contribution in [1.29, 1.82) is 0 Å². The summed E-state index contributed by atoms with van der Waals surface area (Å²) >= 11 is 5.05. The molecule has 0 heterocycles. The predicted molar refractivity (Wildman–Crippen MR) is 133 cm³/mol. The van der Waals surface area contributed by atoms with Crippen LogP contribution in [0.3, 0.4) is 0 Å². The van der Waals surface area contributed by atoms with Crippen molar-refractivity contribution in [2.45, 2.75) is 18.4 Å². The molecule has 0 amide bonds. The molecule has 0 radical (unpaired) electrons. The molecule has 2 nitrogen and oxygen atoms in total. The lowest BCUT2D eigenvalue weighted by molar-refractivity contribution is 0.220. The summed E-state index contributed by atoms with van der Waals surface area (Å²) in [7, 11) is 0. The minimum absolute atomic E-state index is 0.259. The average Bonchev–Trinajstić information content (AvgIpc) is 2.84. The number of hydrogen-bond donors (Lipinski definition) is 2. The second-order valence-corrected chi connectivity index (χ2v) is 7.79. The van der Waals surface area contributed by atoms with E-state index in [0.717, 1.165) is 11.1 Å². The zero-order valence-electron chi connectivity index (χ0n) is 17.3. The Balaban J connectivity index is 0.000000179. The number of thiocarbonyl (C=S) groups is 1. The monoisotopic (exact) mass is 425 g/mol. The third kappa shape index (κ3) is 6.88. The Morgan fingerprint density at radius 3 is 1.16 bits per heavy atom. The van der Waals surface area contributed by atoms with Crippen LogP contribution in [0, 0.1) is 0 Å². The fourth-order valence-electron chi connectivity index (χ4n) is 3.46. The highest BCUT2D eigenvalue weighted by Crippen LogP contribution is 2.27. The van der Waals surface area contributed by atoms with Gasteiger partial charge in [0.2, 0.25) is 0 Å². The molecule has 0 fully saturated rings. The number of hydrogen-bond acceptors (Lipinski definition) is 2. The van der Waals surface area contributed by atoms with Gasteiger partial charge in [-0.2, -0.15) is 0 Å².